The molecule has 2 aromatic carbocycles. The van der Waals surface area contributed by atoms with Gasteiger partial charge >= 0.3 is 19.8 Å². The van der Waals surface area contributed by atoms with Crippen molar-refractivity contribution >= 4 is 48.9 Å². The molecule has 41 heavy (non-hydrogen) atoms. The summed E-state index contributed by atoms with van der Waals surface area (Å²) in [6.45, 7) is 0.346. The van der Waals surface area contributed by atoms with Crippen molar-refractivity contribution in [2.24, 2.45) is 0 Å². The Morgan fingerprint density at radius 1 is 0.878 bits per heavy atom. The fraction of sp³-hybridized carbons (Fsp3) is 0.269. The fourth-order valence-electron chi connectivity index (χ4n) is 3.15. The van der Waals surface area contributed by atoms with E-state index in [1.807, 2.05) is 30.3 Å². The fourth-order valence-corrected chi connectivity index (χ4v) is 4.60. The lowest BCUT2D eigenvalue weighted by atomic mass is 10.1. The van der Waals surface area contributed by atoms with Crippen LogP contribution in [0.25, 0.3) is 0 Å². The Morgan fingerprint density at radius 2 is 1.49 bits per heavy atom. The van der Waals surface area contributed by atoms with Crippen molar-refractivity contribution in [3.63, 3.8) is 0 Å². The van der Waals surface area contributed by atoms with E-state index in [0.29, 0.717) is 15.8 Å². The van der Waals surface area contributed by atoms with Gasteiger partial charge in [-0.2, -0.15) is 0 Å². The first-order valence-electron chi connectivity index (χ1n) is 11.9. The van der Waals surface area contributed by atoms with E-state index in [0.717, 1.165) is 19.4 Å². The molecule has 0 aliphatic carbocycles. The van der Waals surface area contributed by atoms with Crippen LogP contribution in [0.1, 0.15) is 30.0 Å². The number of phosphoric ester groups is 1. The minimum Gasteiger partial charge on any atom is -0.438 e. The van der Waals surface area contributed by atoms with Crippen molar-refractivity contribution < 1.29 is 51.1 Å². The quantitative estimate of drug-likeness (QED) is 0.121. The van der Waals surface area contributed by atoms with E-state index < -0.39 is 45.3 Å². The standard InChI is InChI=1S/C26H26Cl2NO11P/c1-17(30)34-15-37-41(33,38-16-35-18(2)31)36-14-22(10-19-6-4-3-5-7-19)29-26(32)24-8-9-25(40-24)39-23-12-20(27)11-21(28)13-23/h3-9,11-13,22H,10,14-16H2,1-2H3,(H,29,32). The Labute approximate surface area is 245 Å². The van der Waals surface area contributed by atoms with Crippen LogP contribution in [0, 0.1) is 0 Å². The summed E-state index contributed by atoms with van der Waals surface area (Å²) in [4.78, 5) is 35.2. The summed E-state index contributed by atoms with van der Waals surface area (Å²) in [6.07, 6.45) is 0.242. The number of furan rings is 1. The number of nitrogens with one attached hydrogen (secondary N) is 1. The van der Waals surface area contributed by atoms with Crippen LogP contribution >= 0.6 is 31.0 Å². The first-order valence-corrected chi connectivity index (χ1v) is 14.1. The molecular weight excluding hydrogens is 604 g/mol. The lowest BCUT2D eigenvalue weighted by Gasteiger charge is -2.22. The number of hydrogen-bond donors (Lipinski definition) is 1. The number of hydrogen-bond acceptors (Lipinski definition) is 11. The first kappa shape index (κ1) is 32.1. The van der Waals surface area contributed by atoms with Crippen LogP contribution in [0.4, 0.5) is 0 Å². The summed E-state index contributed by atoms with van der Waals surface area (Å²) in [5, 5.41) is 3.45. The predicted octanol–water partition coefficient (Wildman–Crippen LogP) is 5.92. The van der Waals surface area contributed by atoms with Crippen LogP contribution in [0.3, 0.4) is 0 Å². The van der Waals surface area contributed by atoms with E-state index in [4.69, 9.17) is 45.9 Å². The smallest absolute Gasteiger partial charge is 0.438 e. The molecule has 0 radical (unpaired) electrons. The number of halogens is 2. The van der Waals surface area contributed by atoms with Crippen LogP contribution in [0.5, 0.6) is 11.7 Å². The summed E-state index contributed by atoms with van der Waals surface area (Å²) in [5.41, 5.74) is 0.819. The molecule has 0 aliphatic heterocycles. The molecule has 220 valence electrons. The number of rotatable bonds is 15. The van der Waals surface area contributed by atoms with Gasteiger partial charge in [0.1, 0.15) is 5.75 Å². The van der Waals surface area contributed by atoms with Crippen molar-refractivity contribution in [2.45, 2.75) is 26.3 Å². The molecule has 0 fully saturated rings. The van der Waals surface area contributed by atoms with E-state index in [9.17, 15) is 18.9 Å². The summed E-state index contributed by atoms with van der Waals surface area (Å²) >= 11 is 12.0. The number of esters is 2. The second-order valence-electron chi connectivity index (χ2n) is 8.19. The molecule has 0 bridgehead atoms. The Morgan fingerprint density at radius 3 is 2.07 bits per heavy atom. The van der Waals surface area contributed by atoms with E-state index in [-0.39, 0.29) is 24.7 Å². The average molecular weight is 630 g/mol. The first-order chi connectivity index (χ1) is 19.5. The summed E-state index contributed by atoms with van der Waals surface area (Å²) in [5.74, 6) is -1.82. The molecule has 0 aliphatic rings. The lowest BCUT2D eigenvalue weighted by molar-refractivity contribution is -0.151. The van der Waals surface area contributed by atoms with Crippen molar-refractivity contribution in [2.75, 3.05) is 20.2 Å². The molecule has 1 unspecified atom stereocenters. The second-order valence-corrected chi connectivity index (χ2v) is 10.7. The number of carbonyl (C=O) groups excluding carboxylic acids is 3. The maximum Gasteiger partial charge on any atom is 0.480 e. The molecule has 1 heterocycles. The van der Waals surface area contributed by atoms with Crippen LogP contribution in [-0.4, -0.2) is 44.1 Å². The number of phosphoric acid groups is 1. The zero-order chi connectivity index (χ0) is 29.8. The molecule has 1 atom stereocenters. The normalized spacial score (nSPS) is 11.9. The number of benzene rings is 2. The van der Waals surface area contributed by atoms with Crippen LogP contribution in [0.2, 0.25) is 10.0 Å². The molecule has 3 rings (SSSR count). The molecular formula is C26H26Cl2NO11P. The van der Waals surface area contributed by atoms with Crippen molar-refractivity contribution in [1.82, 2.24) is 5.32 Å². The highest BCUT2D eigenvalue weighted by atomic mass is 35.5. The molecule has 0 saturated carbocycles. The topological polar surface area (TPSA) is 149 Å². The van der Waals surface area contributed by atoms with Crippen LogP contribution in [-0.2, 0) is 43.6 Å². The van der Waals surface area contributed by atoms with Gasteiger partial charge in [-0.05, 0) is 36.2 Å². The third kappa shape index (κ3) is 11.6. The Bertz CT molecular complexity index is 1340. The molecule has 3 aromatic rings. The third-order valence-corrected chi connectivity index (χ3v) is 6.64. The second kappa shape index (κ2) is 15.6. The van der Waals surface area contributed by atoms with Gasteiger partial charge in [-0.25, -0.2) is 13.6 Å². The zero-order valence-electron chi connectivity index (χ0n) is 21.9. The Kier molecular flexibility index (Phi) is 12.2. The van der Waals surface area contributed by atoms with Crippen molar-refractivity contribution in [3.8, 4) is 11.7 Å². The molecule has 1 amide bonds. The van der Waals surface area contributed by atoms with E-state index in [2.05, 4.69) is 14.8 Å². The van der Waals surface area contributed by atoms with Crippen LogP contribution in [0.15, 0.2) is 65.1 Å². The summed E-state index contributed by atoms with van der Waals surface area (Å²) < 4.78 is 48.9. The van der Waals surface area contributed by atoms with Crippen molar-refractivity contribution in [3.05, 3.63) is 82.0 Å². The summed E-state index contributed by atoms with van der Waals surface area (Å²) in [6, 6.07) is 15.7. The molecule has 1 N–H and O–H groups in total. The monoisotopic (exact) mass is 629 g/mol. The van der Waals surface area contributed by atoms with Crippen molar-refractivity contribution in [1.29, 1.82) is 0 Å². The van der Waals surface area contributed by atoms with E-state index in [1.54, 1.807) is 0 Å². The molecule has 12 nitrogen and oxygen atoms in total. The molecule has 1 aromatic heterocycles. The molecule has 0 spiro atoms. The van der Waals surface area contributed by atoms with Gasteiger partial charge < -0.3 is 23.9 Å². The van der Waals surface area contributed by atoms with Gasteiger partial charge in [0.05, 0.1) is 12.6 Å². The van der Waals surface area contributed by atoms with Gasteiger partial charge in [0.25, 0.3) is 11.9 Å². The zero-order valence-corrected chi connectivity index (χ0v) is 24.3. The van der Waals surface area contributed by atoms with Gasteiger partial charge in [0, 0.05) is 30.0 Å². The highest BCUT2D eigenvalue weighted by Crippen LogP contribution is 2.49. The molecule has 15 heteroatoms. The average Bonchev–Trinajstić information content (AvgIpc) is 3.35. The predicted molar refractivity (Wildman–Crippen MR) is 146 cm³/mol. The van der Waals surface area contributed by atoms with E-state index in [1.165, 1.54) is 30.3 Å². The SMILES string of the molecule is CC(=O)OCOP(=O)(OCOC(C)=O)OCC(Cc1ccccc1)NC(=O)c1ccc(Oc2cc(Cl)cc(Cl)c2)o1. The number of carbonyl (C=O) groups is 3. The van der Waals surface area contributed by atoms with Gasteiger partial charge in [-0.15, -0.1) is 0 Å². The minimum absolute atomic E-state index is 0.00610. The van der Waals surface area contributed by atoms with E-state index >= 15 is 0 Å². The minimum atomic E-state index is -4.42. The summed E-state index contributed by atoms with van der Waals surface area (Å²) in [7, 11) is -4.42. The third-order valence-electron chi connectivity index (χ3n) is 4.90. The Hall–Kier alpha value is -3.38. The molecule has 0 saturated heterocycles. The Balaban J connectivity index is 1.71. The maximum atomic E-state index is 13.1. The van der Waals surface area contributed by atoms with Gasteiger partial charge in [-0.1, -0.05) is 53.5 Å². The largest absolute Gasteiger partial charge is 0.480 e. The van der Waals surface area contributed by atoms with Gasteiger partial charge in [-0.3, -0.25) is 18.9 Å². The van der Waals surface area contributed by atoms with Gasteiger partial charge in [0.2, 0.25) is 13.6 Å². The lowest BCUT2D eigenvalue weighted by Crippen LogP contribution is -2.39. The number of ether oxygens (including phenoxy) is 3. The maximum absolute atomic E-state index is 13.1. The highest BCUT2D eigenvalue weighted by Gasteiger charge is 2.30. The van der Waals surface area contributed by atoms with Crippen LogP contribution < -0.4 is 10.1 Å². The number of amides is 1. The highest BCUT2D eigenvalue weighted by molar-refractivity contribution is 7.48. The van der Waals surface area contributed by atoms with Gasteiger partial charge in [0.15, 0.2) is 5.76 Å².